The zero-order valence-corrected chi connectivity index (χ0v) is 21.3. The molecule has 1 aromatic rings. The van der Waals surface area contributed by atoms with Crippen LogP contribution in [-0.4, -0.2) is 18.5 Å². The van der Waals surface area contributed by atoms with E-state index in [0.29, 0.717) is 18.3 Å². The van der Waals surface area contributed by atoms with Crippen molar-refractivity contribution in [1.29, 1.82) is 0 Å². The molecular weight excluding hydrogens is 400 g/mol. The van der Waals surface area contributed by atoms with Crippen molar-refractivity contribution in [3.05, 3.63) is 47.6 Å². The Bertz CT molecular complexity index is 782. The molecule has 0 atom stereocenters. The molecule has 0 heterocycles. The lowest BCUT2D eigenvalue weighted by atomic mass is 9.78. The smallest absolute Gasteiger partial charge is 0.335 e. The van der Waals surface area contributed by atoms with Gasteiger partial charge >= 0.3 is 11.9 Å². The van der Waals surface area contributed by atoms with Crippen molar-refractivity contribution in [2.45, 2.75) is 91.9 Å². The lowest BCUT2D eigenvalue weighted by Crippen LogP contribution is -2.21. The largest absolute Gasteiger partial charge is 0.463 e. The number of carbonyl (C=O) groups is 2. The van der Waals surface area contributed by atoms with Crippen LogP contribution in [0.25, 0.3) is 6.08 Å². The summed E-state index contributed by atoms with van der Waals surface area (Å²) in [6.45, 7) is 20.8. The average Bonchev–Trinajstić information content (AvgIpc) is 2.67. The minimum atomic E-state index is -0.485. The highest BCUT2D eigenvalue weighted by Gasteiger charge is 2.28. The highest BCUT2D eigenvalue weighted by atomic mass is 16.5. The first-order valence-electron chi connectivity index (χ1n) is 11.6. The molecule has 0 aliphatic carbocycles. The van der Waals surface area contributed by atoms with E-state index in [4.69, 9.17) is 9.47 Å². The minimum absolute atomic E-state index is 0.267. The van der Waals surface area contributed by atoms with Crippen molar-refractivity contribution in [3.8, 4) is 5.75 Å². The average molecular weight is 443 g/mol. The van der Waals surface area contributed by atoms with E-state index in [0.717, 1.165) is 29.5 Å². The van der Waals surface area contributed by atoms with Crippen molar-refractivity contribution in [3.63, 3.8) is 0 Å². The van der Waals surface area contributed by atoms with Crippen molar-refractivity contribution < 1.29 is 19.1 Å². The summed E-state index contributed by atoms with van der Waals surface area (Å²) in [6, 6.07) is 3.94. The van der Waals surface area contributed by atoms with E-state index in [1.165, 1.54) is 25.0 Å². The third-order valence-corrected chi connectivity index (χ3v) is 5.18. The van der Waals surface area contributed by atoms with Gasteiger partial charge in [-0.2, -0.15) is 0 Å². The summed E-state index contributed by atoms with van der Waals surface area (Å²) in [4.78, 5) is 24.2. The minimum Gasteiger partial charge on any atom is -0.463 e. The Morgan fingerprint density at radius 1 is 0.938 bits per heavy atom. The van der Waals surface area contributed by atoms with Gasteiger partial charge in [-0.05, 0) is 46.9 Å². The second kappa shape index (κ2) is 12.0. The number of esters is 2. The second-order valence-corrected chi connectivity index (χ2v) is 10.8. The number of rotatable bonds is 10. The molecule has 0 N–H and O–H groups in total. The Morgan fingerprint density at radius 2 is 1.50 bits per heavy atom. The first-order valence-corrected chi connectivity index (χ1v) is 11.6. The maximum atomic E-state index is 12.2. The van der Waals surface area contributed by atoms with E-state index in [2.05, 4.69) is 62.0 Å². The summed E-state index contributed by atoms with van der Waals surface area (Å²) in [7, 11) is 0. The molecule has 0 saturated heterocycles. The Morgan fingerprint density at radius 3 is 1.97 bits per heavy atom. The molecule has 32 heavy (non-hydrogen) atoms. The summed E-state index contributed by atoms with van der Waals surface area (Å²) in [6.07, 6.45) is 8.74. The van der Waals surface area contributed by atoms with Gasteiger partial charge in [0.15, 0.2) is 0 Å². The van der Waals surface area contributed by atoms with Gasteiger partial charge in [0.05, 0.1) is 6.61 Å². The van der Waals surface area contributed by atoms with Gasteiger partial charge in [0.25, 0.3) is 0 Å². The molecule has 1 aromatic carbocycles. The number of ether oxygens (including phenoxy) is 2. The summed E-state index contributed by atoms with van der Waals surface area (Å²) in [5.74, 6) is 0.450. The van der Waals surface area contributed by atoms with Crippen molar-refractivity contribution in [2.24, 2.45) is 5.92 Å². The summed E-state index contributed by atoms with van der Waals surface area (Å²) in [5, 5.41) is 0. The molecule has 4 heteroatoms. The summed E-state index contributed by atoms with van der Waals surface area (Å²) in [5.41, 5.74) is 2.14. The van der Waals surface area contributed by atoms with Crippen molar-refractivity contribution >= 4 is 18.0 Å². The van der Waals surface area contributed by atoms with Crippen LogP contribution in [0.5, 0.6) is 5.75 Å². The SMILES string of the molecule is C=CC(=O)Oc1c(C(C)(C)C)cc(/C=C/C(=O)OCCCCCC(C)C)cc1C(C)(C)C. The number of benzene rings is 1. The van der Waals surface area contributed by atoms with Crippen LogP contribution < -0.4 is 4.74 Å². The third-order valence-electron chi connectivity index (χ3n) is 5.18. The molecule has 0 spiro atoms. The number of unbranched alkanes of at least 4 members (excludes halogenated alkanes) is 2. The Labute approximate surface area is 195 Å². The highest BCUT2D eigenvalue weighted by Crippen LogP contribution is 2.41. The van der Waals surface area contributed by atoms with E-state index in [1.807, 2.05) is 12.1 Å². The van der Waals surface area contributed by atoms with E-state index in [1.54, 1.807) is 6.08 Å². The predicted molar refractivity (Wildman–Crippen MR) is 133 cm³/mol. The second-order valence-electron chi connectivity index (χ2n) is 10.8. The van der Waals surface area contributed by atoms with Crippen LogP contribution in [0.2, 0.25) is 0 Å². The van der Waals surface area contributed by atoms with Crippen LogP contribution in [0.4, 0.5) is 0 Å². The van der Waals surface area contributed by atoms with E-state index < -0.39 is 5.97 Å². The molecule has 0 radical (unpaired) electrons. The maximum absolute atomic E-state index is 12.2. The Hall–Kier alpha value is -2.36. The quantitative estimate of drug-likeness (QED) is 0.167. The summed E-state index contributed by atoms with van der Waals surface area (Å²) >= 11 is 0. The highest BCUT2D eigenvalue weighted by molar-refractivity contribution is 5.87. The van der Waals surface area contributed by atoms with Gasteiger partial charge in [0.1, 0.15) is 5.75 Å². The van der Waals surface area contributed by atoms with Crippen LogP contribution in [0, 0.1) is 5.92 Å². The van der Waals surface area contributed by atoms with Crippen molar-refractivity contribution in [2.75, 3.05) is 6.61 Å². The lowest BCUT2D eigenvalue weighted by molar-refractivity contribution is -0.137. The predicted octanol–water partition coefficient (Wildman–Crippen LogP) is 7.15. The van der Waals surface area contributed by atoms with Gasteiger partial charge < -0.3 is 9.47 Å². The van der Waals surface area contributed by atoms with Gasteiger partial charge in [0, 0.05) is 23.3 Å². The molecule has 0 fully saturated rings. The molecule has 0 saturated carbocycles. The molecule has 0 aliphatic rings. The fourth-order valence-electron chi connectivity index (χ4n) is 3.33. The molecule has 0 aliphatic heterocycles. The molecule has 1 rings (SSSR count). The molecular formula is C28H42O4. The van der Waals surface area contributed by atoms with Gasteiger partial charge in [0.2, 0.25) is 0 Å². The van der Waals surface area contributed by atoms with Crippen molar-refractivity contribution in [1.82, 2.24) is 0 Å². The molecule has 0 unspecified atom stereocenters. The zero-order chi connectivity index (χ0) is 24.5. The van der Waals surface area contributed by atoms with Crippen LogP contribution >= 0.6 is 0 Å². The van der Waals surface area contributed by atoms with Crippen LogP contribution in [-0.2, 0) is 25.2 Å². The number of hydrogen-bond acceptors (Lipinski definition) is 4. The Kier molecular flexibility index (Phi) is 10.4. The maximum Gasteiger partial charge on any atom is 0.335 e. The van der Waals surface area contributed by atoms with E-state index >= 15 is 0 Å². The Balaban J connectivity index is 3.07. The fourth-order valence-corrected chi connectivity index (χ4v) is 3.33. The molecule has 0 amide bonds. The molecule has 0 bridgehead atoms. The zero-order valence-electron chi connectivity index (χ0n) is 21.3. The molecule has 0 aromatic heterocycles. The standard InChI is InChI=1S/C28H42O4/c1-10-24(29)32-26-22(27(4,5)6)18-21(19-23(26)28(7,8)9)15-16-25(30)31-17-13-11-12-14-20(2)3/h10,15-16,18-20H,1,11-14,17H2,2-9H3/b16-15+. The lowest BCUT2D eigenvalue weighted by Gasteiger charge is -2.29. The first-order chi connectivity index (χ1) is 14.8. The fraction of sp³-hybridized carbons (Fsp3) is 0.571. The van der Waals surface area contributed by atoms with E-state index in [9.17, 15) is 9.59 Å². The first kappa shape index (κ1) is 27.7. The third kappa shape index (κ3) is 9.42. The monoisotopic (exact) mass is 442 g/mol. The van der Waals surface area contributed by atoms with Crippen LogP contribution in [0.1, 0.15) is 97.8 Å². The normalized spacial score (nSPS) is 12.3. The number of carbonyl (C=O) groups excluding carboxylic acids is 2. The van der Waals surface area contributed by atoms with Gasteiger partial charge in [-0.1, -0.05) is 81.2 Å². The van der Waals surface area contributed by atoms with Gasteiger partial charge in [-0.15, -0.1) is 0 Å². The van der Waals surface area contributed by atoms with Gasteiger partial charge in [-0.25, -0.2) is 9.59 Å². The molecule has 4 nitrogen and oxygen atoms in total. The number of hydrogen-bond donors (Lipinski definition) is 0. The topological polar surface area (TPSA) is 52.6 Å². The van der Waals surface area contributed by atoms with E-state index in [-0.39, 0.29) is 16.8 Å². The van der Waals surface area contributed by atoms with Crippen LogP contribution in [0.3, 0.4) is 0 Å². The molecule has 178 valence electrons. The summed E-state index contributed by atoms with van der Waals surface area (Å²) < 4.78 is 11.0. The van der Waals surface area contributed by atoms with Gasteiger partial charge in [-0.3, -0.25) is 0 Å². The van der Waals surface area contributed by atoms with Crippen LogP contribution in [0.15, 0.2) is 30.9 Å².